The molecule has 0 saturated carbocycles. The molecule has 1 amide bonds. The minimum absolute atomic E-state index is 0.0783. The van der Waals surface area contributed by atoms with Crippen LogP contribution in [0.4, 0.5) is 5.69 Å². The minimum Gasteiger partial charge on any atom is -0.484 e. The van der Waals surface area contributed by atoms with Crippen molar-refractivity contribution in [3.63, 3.8) is 0 Å². The lowest BCUT2D eigenvalue weighted by Crippen LogP contribution is -2.31. The molecule has 0 heterocycles. The van der Waals surface area contributed by atoms with Gasteiger partial charge in [-0.15, -0.1) is 0 Å². The van der Waals surface area contributed by atoms with Crippen LogP contribution in [0.25, 0.3) is 0 Å². The Bertz CT molecular complexity index is 721. The van der Waals surface area contributed by atoms with Gasteiger partial charge in [0.05, 0.1) is 17.0 Å². The number of nitro benzene ring substituents is 1. The summed E-state index contributed by atoms with van der Waals surface area (Å²) in [5.41, 5.74) is 0.883. The van der Waals surface area contributed by atoms with Gasteiger partial charge in [0.25, 0.3) is 11.6 Å². The van der Waals surface area contributed by atoms with Gasteiger partial charge in [-0.05, 0) is 30.7 Å². The number of nitro groups is 1. The van der Waals surface area contributed by atoms with Crippen LogP contribution in [0.1, 0.15) is 18.5 Å². The first-order chi connectivity index (χ1) is 11.0. The predicted molar refractivity (Wildman–Crippen MR) is 89.3 cm³/mol. The molecular formula is C16H15BrN2O4. The van der Waals surface area contributed by atoms with E-state index in [-0.39, 0.29) is 30.0 Å². The third kappa shape index (κ3) is 5.07. The molecule has 2 aromatic carbocycles. The lowest BCUT2D eigenvalue weighted by Gasteiger charge is -2.15. The molecule has 0 fully saturated rings. The second-order valence-electron chi connectivity index (χ2n) is 4.89. The summed E-state index contributed by atoms with van der Waals surface area (Å²) in [6.45, 7) is 1.66. The van der Waals surface area contributed by atoms with Gasteiger partial charge in [-0.1, -0.05) is 34.1 Å². The van der Waals surface area contributed by atoms with Crippen molar-refractivity contribution in [1.29, 1.82) is 0 Å². The Morgan fingerprint density at radius 2 is 2.04 bits per heavy atom. The molecule has 0 radical (unpaired) electrons. The molecule has 0 aliphatic heterocycles. The van der Waals surface area contributed by atoms with Crippen LogP contribution in [-0.2, 0) is 4.79 Å². The molecule has 0 bridgehead atoms. The molecule has 0 aliphatic carbocycles. The molecule has 0 spiro atoms. The fraction of sp³-hybridized carbons (Fsp3) is 0.188. The zero-order chi connectivity index (χ0) is 16.8. The standard InChI is InChI=1S/C16H15BrN2O4/c1-11(12-4-2-5-13(17)8-12)18-16(20)10-23-15-7-3-6-14(9-15)19(21)22/h2-9,11H,10H2,1H3,(H,18,20). The number of hydrogen-bond acceptors (Lipinski definition) is 4. The molecule has 0 saturated heterocycles. The number of non-ortho nitro benzene ring substituents is 1. The van der Waals surface area contributed by atoms with Gasteiger partial charge in [-0.2, -0.15) is 0 Å². The number of nitrogens with one attached hydrogen (secondary N) is 1. The van der Waals surface area contributed by atoms with Crippen LogP contribution in [0, 0.1) is 10.1 Å². The van der Waals surface area contributed by atoms with Gasteiger partial charge in [0.15, 0.2) is 6.61 Å². The Kier molecular flexibility index (Phi) is 5.70. The number of carbonyl (C=O) groups excluding carboxylic acids is 1. The van der Waals surface area contributed by atoms with E-state index in [1.807, 2.05) is 31.2 Å². The van der Waals surface area contributed by atoms with Crippen LogP contribution in [0.3, 0.4) is 0 Å². The van der Waals surface area contributed by atoms with E-state index in [9.17, 15) is 14.9 Å². The van der Waals surface area contributed by atoms with Crippen molar-refractivity contribution >= 4 is 27.5 Å². The van der Waals surface area contributed by atoms with Crippen LogP contribution in [-0.4, -0.2) is 17.4 Å². The summed E-state index contributed by atoms with van der Waals surface area (Å²) >= 11 is 3.38. The fourth-order valence-corrected chi connectivity index (χ4v) is 2.40. The summed E-state index contributed by atoms with van der Waals surface area (Å²) in [6, 6.07) is 13.2. The topological polar surface area (TPSA) is 81.5 Å². The average molecular weight is 379 g/mol. The van der Waals surface area contributed by atoms with Crippen molar-refractivity contribution in [1.82, 2.24) is 5.32 Å². The maximum absolute atomic E-state index is 11.9. The first-order valence-electron chi connectivity index (χ1n) is 6.88. The van der Waals surface area contributed by atoms with Crippen LogP contribution >= 0.6 is 15.9 Å². The number of carbonyl (C=O) groups is 1. The third-order valence-corrected chi connectivity index (χ3v) is 3.62. The molecular weight excluding hydrogens is 364 g/mol. The SMILES string of the molecule is CC(NC(=O)COc1cccc([N+](=O)[O-])c1)c1cccc(Br)c1. The molecule has 23 heavy (non-hydrogen) atoms. The Labute approximate surface area is 141 Å². The lowest BCUT2D eigenvalue weighted by molar-refractivity contribution is -0.384. The number of hydrogen-bond donors (Lipinski definition) is 1. The molecule has 2 rings (SSSR count). The number of rotatable bonds is 6. The van der Waals surface area contributed by atoms with Gasteiger partial charge in [0.1, 0.15) is 5.75 Å². The van der Waals surface area contributed by atoms with Gasteiger partial charge < -0.3 is 10.1 Å². The summed E-state index contributed by atoms with van der Waals surface area (Å²) < 4.78 is 6.23. The van der Waals surface area contributed by atoms with Crippen molar-refractivity contribution < 1.29 is 14.5 Å². The van der Waals surface area contributed by atoms with Crippen LogP contribution < -0.4 is 10.1 Å². The highest BCUT2D eigenvalue weighted by Crippen LogP contribution is 2.20. The summed E-state index contributed by atoms with van der Waals surface area (Å²) in [6.07, 6.45) is 0. The van der Waals surface area contributed by atoms with Crippen LogP contribution in [0.2, 0.25) is 0 Å². The van der Waals surface area contributed by atoms with E-state index in [4.69, 9.17) is 4.74 Å². The molecule has 0 aliphatic rings. The number of benzene rings is 2. The zero-order valence-corrected chi connectivity index (χ0v) is 13.9. The van der Waals surface area contributed by atoms with E-state index >= 15 is 0 Å². The smallest absolute Gasteiger partial charge is 0.273 e. The number of halogens is 1. The summed E-state index contributed by atoms with van der Waals surface area (Å²) in [5.74, 6) is -0.0200. The van der Waals surface area contributed by atoms with Gasteiger partial charge >= 0.3 is 0 Å². The summed E-state index contributed by atoms with van der Waals surface area (Å²) in [7, 11) is 0. The Hall–Kier alpha value is -2.41. The van der Waals surface area contributed by atoms with Crippen LogP contribution in [0.15, 0.2) is 53.0 Å². The largest absolute Gasteiger partial charge is 0.484 e. The number of ether oxygens (including phenoxy) is 1. The quantitative estimate of drug-likeness (QED) is 0.614. The monoisotopic (exact) mass is 378 g/mol. The zero-order valence-electron chi connectivity index (χ0n) is 12.4. The Morgan fingerprint density at radius 1 is 1.30 bits per heavy atom. The van der Waals surface area contributed by atoms with Crippen molar-refractivity contribution in [3.8, 4) is 5.75 Å². The van der Waals surface area contributed by atoms with E-state index < -0.39 is 4.92 Å². The summed E-state index contributed by atoms with van der Waals surface area (Å²) in [4.78, 5) is 22.1. The van der Waals surface area contributed by atoms with Gasteiger partial charge in [-0.3, -0.25) is 14.9 Å². The first-order valence-corrected chi connectivity index (χ1v) is 7.67. The van der Waals surface area contributed by atoms with Crippen molar-refractivity contribution in [2.45, 2.75) is 13.0 Å². The highest BCUT2D eigenvalue weighted by molar-refractivity contribution is 9.10. The van der Waals surface area contributed by atoms with E-state index in [1.54, 1.807) is 6.07 Å². The van der Waals surface area contributed by atoms with Gasteiger partial charge in [-0.25, -0.2) is 0 Å². The minimum atomic E-state index is -0.512. The normalized spacial score (nSPS) is 11.6. The van der Waals surface area contributed by atoms with Crippen molar-refractivity contribution in [3.05, 3.63) is 68.7 Å². The van der Waals surface area contributed by atoms with E-state index in [0.29, 0.717) is 0 Å². The number of amides is 1. The molecule has 1 atom stereocenters. The maximum Gasteiger partial charge on any atom is 0.273 e. The molecule has 6 nitrogen and oxygen atoms in total. The van der Waals surface area contributed by atoms with Gasteiger partial charge in [0.2, 0.25) is 0 Å². The van der Waals surface area contributed by atoms with Crippen molar-refractivity contribution in [2.75, 3.05) is 6.61 Å². The van der Waals surface area contributed by atoms with Gasteiger partial charge in [0, 0.05) is 10.5 Å². The molecule has 1 N–H and O–H groups in total. The molecule has 120 valence electrons. The van der Waals surface area contributed by atoms with Crippen LogP contribution in [0.5, 0.6) is 5.75 Å². The van der Waals surface area contributed by atoms with E-state index in [0.717, 1.165) is 10.0 Å². The average Bonchev–Trinajstić information content (AvgIpc) is 2.53. The summed E-state index contributed by atoms with van der Waals surface area (Å²) in [5, 5.41) is 13.5. The third-order valence-electron chi connectivity index (χ3n) is 3.12. The highest BCUT2D eigenvalue weighted by atomic mass is 79.9. The van der Waals surface area contributed by atoms with E-state index in [1.165, 1.54) is 18.2 Å². The number of nitrogens with zero attached hydrogens (tertiary/aromatic N) is 1. The predicted octanol–water partition coefficient (Wildman–Crippen LogP) is 3.61. The fourth-order valence-electron chi connectivity index (χ4n) is 1.98. The maximum atomic E-state index is 11.9. The molecule has 0 aromatic heterocycles. The molecule has 7 heteroatoms. The first kappa shape index (κ1) is 17.0. The Morgan fingerprint density at radius 3 is 2.74 bits per heavy atom. The second-order valence-corrected chi connectivity index (χ2v) is 5.80. The van der Waals surface area contributed by atoms with E-state index in [2.05, 4.69) is 21.2 Å². The van der Waals surface area contributed by atoms with Crippen molar-refractivity contribution in [2.24, 2.45) is 0 Å². The molecule has 2 aromatic rings. The molecule has 1 unspecified atom stereocenters. The highest BCUT2D eigenvalue weighted by Gasteiger charge is 2.11. The second kappa shape index (κ2) is 7.73. The Balaban J connectivity index is 1.90. The lowest BCUT2D eigenvalue weighted by atomic mass is 10.1.